The first-order valence-corrected chi connectivity index (χ1v) is 36.2. The average molecular weight is 1430 g/mol. The number of aromatic nitrogens is 6. The molecule has 3 N–H and O–H groups in total. The number of nitrogens with zero attached hydrogens (tertiary/aromatic N) is 11. The number of benzene rings is 4. The number of imidazole rings is 2. The Balaban J connectivity index is 0.000000219. The van der Waals surface area contributed by atoms with Crippen LogP contribution in [0.1, 0.15) is 130 Å². The molecule has 6 heterocycles. The Bertz CT molecular complexity index is 3920. The van der Waals surface area contributed by atoms with E-state index in [-0.39, 0.29) is 17.8 Å². The molecule has 23 heteroatoms. The fourth-order valence-electron chi connectivity index (χ4n) is 12.2. The van der Waals surface area contributed by atoms with E-state index in [9.17, 15) is 9.59 Å². The van der Waals surface area contributed by atoms with Crippen molar-refractivity contribution in [3.63, 3.8) is 0 Å². The molecule has 2 aliphatic heterocycles. The van der Waals surface area contributed by atoms with Crippen molar-refractivity contribution in [3.05, 3.63) is 100 Å². The molecule has 2 fully saturated rings. The van der Waals surface area contributed by atoms with E-state index in [0.29, 0.717) is 26.2 Å². The molecule has 0 saturated carbocycles. The van der Waals surface area contributed by atoms with Gasteiger partial charge in [0.1, 0.15) is 56.9 Å². The number of amides is 2. The standard InChI is InChI=1S/C38H55N7O4.C29H38BrN5O2.C9H18N2O2/c1-9-10-13-33-41-34-35(45(33)19-12-11-18-42(5)6)30-24-28(43-20-22-44(23-21-43)37(46)49-38(2,3)4)15-17-31(30)40-36(34)39-26-27-14-16-29(47-7)25-32(27)48-8;1-6-7-10-26-33-27-28(35(26)16-9-8-15-34(2)3)23-17-21(30)12-14-24(23)32-29(27)31-19-20-11-13-22(36-4)18-25(20)37-5;1-9(2,3)13-8(12)11-6-4-10-5-7-11/h14-17,24-25H,9-13,18-23,26H2,1-8H3,(H,39,40);11-14,17-18H,6-10,15-16,19H2,1-5H3,(H,31,32);10H,4-7H2,1-3H3. The maximum Gasteiger partial charge on any atom is 0.410 e. The van der Waals surface area contributed by atoms with E-state index >= 15 is 0 Å². The summed E-state index contributed by atoms with van der Waals surface area (Å²) in [6, 6.07) is 24.6. The number of piperazine rings is 2. The van der Waals surface area contributed by atoms with Crippen LogP contribution in [0, 0.1) is 0 Å². The van der Waals surface area contributed by atoms with Crippen molar-refractivity contribution in [2.45, 2.75) is 157 Å². The fraction of sp³-hybridized carbons (Fsp3) is 0.553. The van der Waals surface area contributed by atoms with Crippen LogP contribution in [-0.4, -0.2) is 194 Å². The fourth-order valence-corrected chi connectivity index (χ4v) is 12.6. The highest BCUT2D eigenvalue weighted by atomic mass is 79.9. The van der Waals surface area contributed by atoms with E-state index < -0.39 is 5.60 Å². The molecule has 2 saturated heterocycles. The second-order valence-corrected chi connectivity index (χ2v) is 28.9. The summed E-state index contributed by atoms with van der Waals surface area (Å²) in [7, 11) is 15.2. The van der Waals surface area contributed by atoms with Crippen LogP contribution in [0.2, 0.25) is 0 Å². The lowest BCUT2D eigenvalue weighted by atomic mass is 10.1. The molecular weight excluding hydrogens is 1320 g/mol. The number of unbranched alkanes of at least 4 members (excludes halogenated alkanes) is 4. The Morgan fingerprint density at radius 3 is 1.40 bits per heavy atom. The number of methoxy groups -OCH3 is 4. The minimum atomic E-state index is -0.509. The number of anilines is 3. The van der Waals surface area contributed by atoms with E-state index in [1.54, 1.807) is 38.2 Å². The molecule has 0 aliphatic carbocycles. The van der Waals surface area contributed by atoms with Crippen molar-refractivity contribution in [2.24, 2.45) is 0 Å². The first-order valence-electron chi connectivity index (χ1n) is 35.4. The lowest BCUT2D eigenvalue weighted by Crippen LogP contribution is -2.50. The highest BCUT2D eigenvalue weighted by Gasteiger charge is 2.28. The number of hydrogen-bond donors (Lipinski definition) is 3. The number of carbonyl (C=O) groups is 2. The first kappa shape index (κ1) is 76.9. The number of hydrogen-bond acceptors (Lipinski definition) is 18. The summed E-state index contributed by atoms with van der Waals surface area (Å²) in [4.78, 5) is 55.3. The zero-order valence-electron chi connectivity index (χ0n) is 62.0. The summed E-state index contributed by atoms with van der Waals surface area (Å²) in [6.45, 7) is 26.8. The van der Waals surface area contributed by atoms with Crippen LogP contribution >= 0.6 is 15.9 Å². The summed E-state index contributed by atoms with van der Waals surface area (Å²) in [5, 5.41) is 12.6. The Hall–Kier alpha value is -7.86. The molecule has 0 bridgehead atoms. The molecule has 99 heavy (non-hydrogen) atoms. The van der Waals surface area contributed by atoms with Gasteiger partial charge in [-0.2, -0.15) is 0 Å². The number of carbonyl (C=O) groups excluding carboxylic acids is 2. The number of rotatable bonds is 27. The molecule has 0 unspecified atom stereocenters. The summed E-state index contributed by atoms with van der Waals surface area (Å²) >= 11 is 3.68. The second kappa shape index (κ2) is 36.5. The van der Waals surface area contributed by atoms with E-state index in [0.717, 1.165) is 241 Å². The van der Waals surface area contributed by atoms with Crippen LogP contribution in [0.5, 0.6) is 23.0 Å². The lowest BCUT2D eigenvalue weighted by molar-refractivity contribution is 0.0223. The Morgan fingerprint density at radius 1 is 0.535 bits per heavy atom. The van der Waals surface area contributed by atoms with Gasteiger partial charge in [-0.3, -0.25) is 0 Å². The summed E-state index contributed by atoms with van der Waals surface area (Å²) in [5.41, 5.74) is 8.25. The number of fused-ring (bicyclic) bond motifs is 6. The van der Waals surface area contributed by atoms with Crippen LogP contribution in [0.4, 0.5) is 26.9 Å². The number of aryl methyl sites for hydroxylation is 4. The zero-order chi connectivity index (χ0) is 71.4. The lowest BCUT2D eigenvalue weighted by Gasteiger charge is -2.36. The van der Waals surface area contributed by atoms with Crippen molar-refractivity contribution in [3.8, 4) is 23.0 Å². The largest absolute Gasteiger partial charge is 0.497 e. The minimum absolute atomic E-state index is 0.200. The number of ether oxygens (including phenoxy) is 6. The third-order valence-electron chi connectivity index (χ3n) is 17.4. The van der Waals surface area contributed by atoms with Gasteiger partial charge in [-0.05, 0) is 182 Å². The van der Waals surface area contributed by atoms with Gasteiger partial charge >= 0.3 is 12.2 Å². The summed E-state index contributed by atoms with van der Waals surface area (Å²) < 4.78 is 38.9. The van der Waals surface area contributed by atoms with Gasteiger partial charge < -0.3 is 78.0 Å². The molecule has 2 amide bonds. The van der Waals surface area contributed by atoms with Crippen LogP contribution < -0.4 is 39.8 Å². The molecule has 2 aliphatic rings. The molecule has 0 radical (unpaired) electrons. The van der Waals surface area contributed by atoms with Crippen LogP contribution in [0.3, 0.4) is 0 Å². The molecule has 0 spiro atoms. The van der Waals surface area contributed by atoms with Gasteiger partial charge in [0.05, 0.1) is 50.5 Å². The Morgan fingerprint density at radius 2 is 0.980 bits per heavy atom. The molecule has 0 atom stereocenters. The predicted molar refractivity (Wildman–Crippen MR) is 405 cm³/mol. The van der Waals surface area contributed by atoms with Crippen LogP contribution in [-0.2, 0) is 48.5 Å². The van der Waals surface area contributed by atoms with E-state index in [2.05, 4.69) is 128 Å². The molecule has 10 rings (SSSR count). The van der Waals surface area contributed by atoms with Crippen molar-refractivity contribution < 1.29 is 38.0 Å². The monoisotopic (exact) mass is 1430 g/mol. The van der Waals surface area contributed by atoms with Gasteiger partial charge in [-0.1, -0.05) is 42.6 Å². The molecule has 4 aromatic carbocycles. The third kappa shape index (κ3) is 21.6. The van der Waals surface area contributed by atoms with Gasteiger partial charge in [0.25, 0.3) is 0 Å². The molecule has 22 nitrogen and oxygen atoms in total. The quantitative estimate of drug-likeness (QED) is 0.0410. The van der Waals surface area contributed by atoms with Crippen molar-refractivity contribution in [1.29, 1.82) is 0 Å². The number of halogens is 1. The van der Waals surface area contributed by atoms with Gasteiger partial charge in [-0.25, -0.2) is 29.5 Å². The smallest absolute Gasteiger partial charge is 0.410 e. The second-order valence-electron chi connectivity index (χ2n) is 28.0. The number of nitrogens with one attached hydrogen (secondary N) is 3. The molecule has 8 aromatic rings. The molecule has 4 aromatic heterocycles. The van der Waals surface area contributed by atoms with E-state index in [1.165, 1.54) is 0 Å². The summed E-state index contributed by atoms with van der Waals surface area (Å²) in [6.07, 6.45) is 10.3. The van der Waals surface area contributed by atoms with Crippen LogP contribution in [0.15, 0.2) is 77.3 Å². The average Bonchev–Trinajstić information content (AvgIpc) is 1.64. The van der Waals surface area contributed by atoms with Gasteiger partial charge in [0, 0.05) is 136 Å². The van der Waals surface area contributed by atoms with Crippen molar-refractivity contribution in [2.75, 3.05) is 138 Å². The third-order valence-corrected chi connectivity index (χ3v) is 17.9. The van der Waals surface area contributed by atoms with Gasteiger partial charge in [0.2, 0.25) is 0 Å². The Kier molecular flexibility index (Phi) is 28.3. The van der Waals surface area contributed by atoms with Crippen molar-refractivity contribution in [1.82, 2.24) is 54.0 Å². The normalized spacial score (nSPS) is 13.6. The highest BCUT2D eigenvalue weighted by Crippen LogP contribution is 2.37. The molecule has 540 valence electrons. The summed E-state index contributed by atoms with van der Waals surface area (Å²) in [5.74, 6) is 6.88. The Labute approximate surface area is 595 Å². The topological polar surface area (TPSA) is 203 Å². The molecular formula is C76H111BrN14O8. The van der Waals surface area contributed by atoms with E-state index in [4.69, 9.17) is 48.4 Å². The SMILES string of the molecule is CC(C)(C)OC(=O)N1CCNCC1.CCCCc1nc2c(NCc3ccc(OC)cc3OC)nc3ccc(Br)cc3c2n1CCCCN(C)C.CCCCc1nc2c(NCc3ccc(OC)cc3OC)nc3ccc(N4CCN(C(=O)OC(C)(C)C)CC4)cc3c2n1CCCCN(C)C. The highest BCUT2D eigenvalue weighted by molar-refractivity contribution is 9.10. The predicted octanol–water partition coefficient (Wildman–Crippen LogP) is 14.4. The van der Waals surface area contributed by atoms with Crippen molar-refractivity contribution >= 4 is 89.3 Å². The van der Waals surface area contributed by atoms with Gasteiger partial charge in [0.15, 0.2) is 11.6 Å². The van der Waals surface area contributed by atoms with E-state index in [1.807, 2.05) is 84.0 Å². The van der Waals surface area contributed by atoms with Crippen LogP contribution in [0.25, 0.3) is 43.9 Å². The maximum atomic E-state index is 12.7. The minimum Gasteiger partial charge on any atom is -0.497 e. The maximum absolute atomic E-state index is 12.7. The number of pyridine rings is 2. The van der Waals surface area contributed by atoms with Gasteiger partial charge in [-0.15, -0.1) is 0 Å². The zero-order valence-corrected chi connectivity index (χ0v) is 63.5. The first-order chi connectivity index (χ1) is 47.4.